The van der Waals surface area contributed by atoms with E-state index in [2.05, 4.69) is 53.0 Å². The fourth-order valence-corrected chi connectivity index (χ4v) is 5.72. The van der Waals surface area contributed by atoms with Gasteiger partial charge in [-0.05, 0) is 43.1 Å². The normalized spacial score (nSPS) is 22.8. The van der Waals surface area contributed by atoms with Crippen LogP contribution >= 0.6 is 12.2 Å². The topological polar surface area (TPSA) is 47.6 Å². The summed E-state index contributed by atoms with van der Waals surface area (Å²) in [7, 11) is 0.331. The van der Waals surface area contributed by atoms with Crippen LogP contribution < -0.4 is 10.1 Å². The third-order valence-corrected chi connectivity index (χ3v) is 7.57. The zero-order valence-corrected chi connectivity index (χ0v) is 20.4. The Balaban J connectivity index is 2.18. The smallest absolute Gasteiger partial charge is 0.228 e. The number of methoxy groups -OCH3 is 1. The highest BCUT2D eigenvalue weighted by Gasteiger charge is 2.58. The predicted octanol–water partition coefficient (Wildman–Crippen LogP) is 4.16. The van der Waals surface area contributed by atoms with Crippen molar-refractivity contribution in [2.45, 2.75) is 65.8 Å². The van der Waals surface area contributed by atoms with Gasteiger partial charge in [0.1, 0.15) is 5.75 Å². The lowest BCUT2D eigenvalue weighted by molar-refractivity contribution is -0.160. The van der Waals surface area contributed by atoms with Crippen LogP contribution in [0.15, 0.2) is 24.3 Å². The molecule has 0 aromatic heterocycles. The molecule has 28 heavy (non-hydrogen) atoms. The van der Waals surface area contributed by atoms with E-state index in [0.29, 0.717) is 6.42 Å². The molecule has 2 rings (SSSR count). The first-order valence-corrected chi connectivity index (χ1v) is 13.2. The molecule has 6 heteroatoms. The Morgan fingerprint density at radius 3 is 2.21 bits per heavy atom. The summed E-state index contributed by atoms with van der Waals surface area (Å²) in [6.45, 7) is 15.0. The van der Waals surface area contributed by atoms with Crippen molar-refractivity contribution in [3.8, 4) is 5.75 Å². The Kier molecular flexibility index (Phi) is 7.11. The largest absolute Gasteiger partial charge is 0.497 e. The first-order valence-electron chi connectivity index (χ1n) is 10.0. The Bertz CT molecular complexity index is 713. The number of thiocarbonyl (C=S) groups is 1. The van der Waals surface area contributed by atoms with Crippen LogP contribution in [0, 0.1) is 17.3 Å². The van der Waals surface area contributed by atoms with Crippen molar-refractivity contribution < 1.29 is 14.0 Å². The lowest BCUT2D eigenvalue weighted by Crippen LogP contribution is -2.72. The van der Waals surface area contributed by atoms with Crippen molar-refractivity contribution in [1.29, 1.82) is 0 Å². The molecule has 0 aliphatic carbocycles. The highest BCUT2D eigenvalue weighted by atomic mass is 32.1. The molecule has 1 aliphatic rings. The van der Waals surface area contributed by atoms with Gasteiger partial charge in [-0.2, -0.15) is 0 Å². The monoisotopic (exact) mass is 421 g/mol. The molecule has 1 fully saturated rings. The highest BCUT2D eigenvalue weighted by Crippen LogP contribution is 2.46. The van der Waals surface area contributed by atoms with Crippen molar-refractivity contribution in [1.82, 2.24) is 5.32 Å². The second kappa shape index (κ2) is 8.64. The van der Waals surface area contributed by atoms with Gasteiger partial charge in [-0.1, -0.05) is 52.0 Å². The third kappa shape index (κ3) is 4.66. The summed E-state index contributed by atoms with van der Waals surface area (Å²) in [4.78, 5) is 13.6. The number of nitrogens with one attached hydrogen (secondary N) is 1. The first kappa shape index (κ1) is 23.0. The fourth-order valence-electron chi connectivity index (χ4n) is 3.92. The van der Waals surface area contributed by atoms with Crippen LogP contribution in [0.5, 0.6) is 5.75 Å². The van der Waals surface area contributed by atoms with E-state index in [1.54, 1.807) is 7.11 Å². The number of carbonyl (C=O) groups is 1. The van der Waals surface area contributed by atoms with Gasteiger partial charge in [0, 0.05) is 17.2 Å². The van der Waals surface area contributed by atoms with Crippen molar-refractivity contribution in [2.75, 3.05) is 7.11 Å². The van der Waals surface area contributed by atoms with E-state index >= 15 is 0 Å². The number of amides is 1. The van der Waals surface area contributed by atoms with E-state index in [0.717, 1.165) is 16.2 Å². The third-order valence-electron chi connectivity index (χ3n) is 6.10. The van der Waals surface area contributed by atoms with Gasteiger partial charge in [0.2, 0.25) is 5.91 Å². The summed E-state index contributed by atoms with van der Waals surface area (Å²) in [6, 6.07) is 8.00. The summed E-state index contributed by atoms with van der Waals surface area (Å²) < 4.78 is 11.7. The molecule has 4 atom stereocenters. The van der Waals surface area contributed by atoms with Gasteiger partial charge in [0.05, 0.1) is 24.7 Å². The second-order valence-electron chi connectivity index (χ2n) is 9.32. The summed E-state index contributed by atoms with van der Waals surface area (Å²) in [5.74, 6) is 0.825. The summed E-state index contributed by atoms with van der Waals surface area (Å²) >= 11 is 5.78. The van der Waals surface area contributed by atoms with Crippen LogP contribution in [0.2, 0.25) is 13.1 Å². The predicted molar refractivity (Wildman–Crippen MR) is 122 cm³/mol. The quantitative estimate of drug-likeness (QED) is 0.389. The Morgan fingerprint density at radius 2 is 1.79 bits per heavy atom. The van der Waals surface area contributed by atoms with Crippen molar-refractivity contribution >= 4 is 32.0 Å². The second-order valence-corrected chi connectivity index (χ2v) is 12.2. The summed E-state index contributed by atoms with van der Waals surface area (Å²) in [5, 5.41) is 3.12. The molecular weight excluding hydrogens is 386 g/mol. The van der Waals surface area contributed by atoms with Crippen LogP contribution in [0.25, 0.3) is 0 Å². The maximum atomic E-state index is 12.6. The molecular formula is C22H35NO3SSi. The van der Waals surface area contributed by atoms with E-state index in [9.17, 15) is 4.79 Å². The number of hydrogen-bond acceptors (Lipinski definition) is 4. The van der Waals surface area contributed by atoms with Gasteiger partial charge in [-0.15, -0.1) is 0 Å². The molecule has 0 radical (unpaired) electrons. The molecule has 1 amide bonds. The van der Waals surface area contributed by atoms with E-state index in [4.69, 9.17) is 21.4 Å². The maximum absolute atomic E-state index is 12.6. The van der Waals surface area contributed by atoms with Crippen LogP contribution in [-0.2, 0) is 15.6 Å². The zero-order valence-electron chi connectivity index (χ0n) is 18.5. The zero-order chi connectivity index (χ0) is 21.3. The lowest BCUT2D eigenvalue weighted by atomic mass is 9.62. The molecule has 1 aromatic carbocycles. The molecule has 0 bridgehead atoms. The number of β-lactam (4-membered cyclic amide) rings is 1. The molecule has 1 aromatic rings. The van der Waals surface area contributed by atoms with E-state index in [-0.39, 0.29) is 29.2 Å². The molecule has 0 unspecified atom stereocenters. The van der Waals surface area contributed by atoms with Crippen molar-refractivity contribution in [2.24, 2.45) is 17.3 Å². The standard InChI is InChI=1S/C22H35NO3SSi/c1-14(17(27)13-15-9-11-16(25-6)12-10-15)19-18(20(24)23-19)22(5,21(2,3)4)26-28(7)8/h9-12,14,18-19,28H,13H2,1-8H3,(H,23,24)/t14-,18+,19+,22+/m0/s1. The minimum absolute atomic E-state index is 0.00947. The molecule has 1 saturated heterocycles. The van der Waals surface area contributed by atoms with Gasteiger partial charge < -0.3 is 14.5 Å². The molecule has 1 aliphatic heterocycles. The van der Waals surface area contributed by atoms with Gasteiger partial charge >= 0.3 is 0 Å². The summed E-state index contributed by atoms with van der Waals surface area (Å²) in [6.07, 6.45) is 0.714. The first-order chi connectivity index (χ1) is 12.9. The minimum Gasteiger partial charge on any atom is -0.497 e. The molecule has 0 saturated carbocycles. The number of hydrogen-bond donors (Lipinski definition) is 1. The van der Waals surface area contributed by atoms with Crippen molar-refractivity contribution in [3.05, 3.63) is 29.8 Å². The van der Waals surface area contributed by atoms with Crippen LogP contribution in [0.4, 0.5) is 0 Å². The number of rotatable bonds is 8. The number of benzene rings is 1. The van der Waals surface area contributed by atoms with E-state index in [1.165, 1.54) is 0 Å². The SMILES string of the molecule is COc1ccc(CC(=S)[C@H](C)[C@H]2NC(=O)[C@@H]2[C@@](C)(O[SiH](C)C)C(C)(C)C)cc1. The number of ether oxygens (including phenoxy) is 1. The number of carbonyl (C=O) groups excluding carboxylic acids is 1. The molecule has 1 heterocycles. The molecule has 1 N–H and O–H groups in total. The van der Waals surface area contributed by atoms with Gasteiger partial charge in [0.15, 0.2) is 9.04 Å². The van der Waals surface area contributed by atoms with Crippen molar-refractivity contribution in [3.63, 3.8) is 0 Å². The van der Waals surface area contributed by atoms with E-state index in [1.807, 2.05) is 24.3 Å². The minimum atomic E-state index is -1.33. The van der Waals surface area contributed by atoms with Gasteiger partial charge in [-0.25, -0.2) is 0 Å². The lowest BCUT2D eigenvalue weighted by Gasteiger charge is -2.55. The summed E-state index contributed by atoms with van der Waals surface area (Å²) in [5.41, 5.74) is 0.497. The Morgan fingerprint density at radius 1 is 1.21 bits per heavy atom. The van der Waals surface area contributed by atoms with Gasteiger partial charge in [-0.3, -0.25) is 4.79 Å². The maximum Gasteiger partial charge on any atom is 0.228 e. The van der Waals surface area contributed by atoms with Crippen LogP contribution in [-0.4, -0.2) is 38.6 Å². The van der Waals surface area contributed by atoms with E-state index < -0.39 is 14.6 Å². The highest BCUT2D eigenvalue weighted by molar-refractivity contribution is 7.80. The molecule has 0 spiro atoms. The Labute approximate surface area is 177 Å². The fraction of sp³-hybridized carbons (Fsp3) is 0.636. The molecule has 156 valence electrons. The van der Waals surface area contributed by atoms with Crippen LogP contribution in [0.3, 0.4) is 0 Å². The molecule has 4 nitrogen and oxygen atoms in total. The van der Waals surface area contributed by atoms with Gasteiger partial charge in [0.25, 0.3) is 0 Å². The van der Waals surface area contributed by atoms with Crippen LogP contribution in [0.1, 0.15) is 40.2 Å². The average molecular weight is 422 g/mol. The Hall–Kier alpha value is -1.24. The average Bonchev–Trinajstić information content (AvgIpc) is 2.57.